The highest BCUT2D eigenvalue weighted by Gasteiger charge is 2.37. The van der Waals surface area contributed by atoms with Crippen LogP contribution in [0.2, 0.25) is 0 Å². The molecule has 0 heterocycles. The first-order chi connectivity index (χ1) is 10.3. The number of aryl methyl sites for hydroxylation is 2. The second kappa shape index (κ2) is 5.87. The molecule has 2 aromatic rings. The van der Waals surface area contributed by atoms with Gasteiger partial charge < -0.3 is 5.11 Å². The molecule has 3 rings (SSSR count). The second-order valence-corrected chi connectivity index (χ2v) is 5.86. The van der Waals surface area contributed by atoms with Gasteiger partial charge in [0.15, 0.2) is 0 Å². The summed E-state index contributed by atoms with van der Waals surface area (Å²) in [6.07, 6.45) is 5.73. The quantitative estimate of drug-likeness (QED) is 0.837. The summed E-state index contributed by atoms with van der Waals surface area (Å²) in [4.78, 5) is 0. The molecule has 0 unspecified atom stereocenters. The summed E-state index contributed by atoms with van der Waals surface area (Å²) in [7, 11) is 0. The molecule has 0 radical (unpaired) electrons. The molecule has 1 aliphatic rings. The van der Waals surface area contributed by atoms with Gasteiger partial charge in [0.25, 0.3) is 0 Å². The number of fused-ring (bicyclic) bond motifs is 2. The van der Waals surface area contributed by atoms with E-state index in [-0.39, 0.29) is 12.0 Å². The Morgan fingerprint density at radius 2 is 1.48 bits per heavy atom. The van der Waals surface area contributed by atoms with Crippen LogP contribution < -0.4 is 0 Å². The third-order valence-corrected chi connectivity index (χ3v) is 4.76. The zero-order valence-corrected chi connectivity index (χ0v) is 12.4. The molecule has 21 heavy (non-hydrogen) atoms. The van der Waals surface area contributed by atoms with Gasteiger partial charge in [0, 0.05) is 12.0 Å². The first-order valence-electron chi connectivity index (χ1n) is 7.70. The summed E-state index contributed by atoms with van der Waals surface area (Å²) in [5.74, 6) is 0. The van der Waals surface area contributed by atoms with Gasteiger partial charge in [-0.05, 0) is 47.9 Å². The summed E-state index contributed by atoms with van der Waals surface area (Å²) in [6.45, 7) is 4.17. The van der Waals surface area contributed by atoms with Crippen LogP contribution in [0.4, 0.5) is 0 Å². The molecule has 0 bridgehead atoms. The smallest absolute Gasteiger partial charge is 0.0442 e. The Hall–Kier alpha value is -1.86. The Morgan fingerprint density at radius 3 is 1.95 bits per heavy atom. The Kier molecular flexibility index (Phi) is 3.94. The van der Waals surface area contributed by atoms with Gasteiger partial charge in [0.2, 0.25) is 0 Å². The van der Waals surface area contributed by atoms with Crippen molar-refractivity contribution in [3.63, 3.8) is 0 Å². The number of benzene rings is 2. The van der Waals surface area contributed by atoms with Crippen LogP contribution in [0.1, 0.15) is 35.1 Å². The Labute approximate surface area is 127 Å². The van der Waals surface area contributed by atoms with Crippen molar-refractivity contribution >= 4 is 0 Å². The Bertz CT molecular complexity index is 594. The maximum Gasteiger partial charge on any atom is 0.0442 e. The number of allylic oxidation sites excluding steroid dienone is 1. The molecule has 1 N–H and O–H groups in total. The van der Waals surface area contributed by atoms with Gasteiger partial charge in [-0.2, -0.15) is 0 Å². The third kappa shape index (κ3) is 2.32. The van der Waals surface area contributed by atoms with E-state index in [0.29, 0.717) is 0 Å². The molecule has 0 saturated heterocycles. The summed E-state index contributed by atoms with van der Waals surface area (Å²) in [6, 6.07) is 17.4. The van der Waals surface area contributed by atoms with E-state index < -0.39 is 0 Å². The fourth-order valence-electron chi connectivity index (χ4n) is 3.85. The molecule has 0 spiro atoms. The normalized spacial score (nSPS) is 15.7. The molecular weight excluding hydrogens is 256 g/mol. The summed E-state index contributed by atoms with van der Waals surface area (Å²) < 4.78 is 0. The first kappa shape index (κ1) is 14.1. The standard InChI is InChI=1S/C20H22O/c1-2-13-20(14-15-21)18-9-5-3-7-16(18)11-12-17-8-4-6-10-19(17)20/h2-10,21H,1,11-15H2. The van der Waals surface area contributed by atoms with E-state index in [9.17, 15) is 5.11 Å². The van der Waals surface area contributed by atoms with Crippen molar-refractivity contribution in [1.82, 2.24) is 0 Å². The summed E-state index contributed by atoms with van der Waals surface area (Å²) >= 11 is 0. The van der Waals surface area contributed by atoms with Crippen LogP contribution in [0.3, 0.4) is 0 Å². The van der Waals surface area contributed by atoms with Gasteiger partial charge >= 0.3 is 0 Å². The molecule has 1 heteroatoms. The lowest BCUT2D eigenvalue weighted by Crippen LogP contribution is -2.30. The SMILES string of the molecule is C=CCC1(CCO)c2ccccc2CCc2ccccc21. The predicted octanol–water partition coefficient (Wildman–Crippen LogP) is 4.03. The lowest BCUT2D eigenvalue weighted by molar-refractivity contribution is 0.253. The van der Waals surface area contributed by atoms with Crippen molar-refractivity contribution in [2.45, 2.75) is 31.1 Å². The van der Waals surface area contributed by atoms with E-state index in [4.69, 9.17) is 0 Å². The molecule has 1 aliphatic carbocycles. The lowest BCUT2D eigenvalue weighted by atomic mass is 9.68. The van der Waals surface area contributed by atoms with Crippen LogP contribution in [0.25, 0.3) is 0 Å². The van der Waals surface area contributed by atoms with Crippen LogP contribution in [0.15, 0.2) is 61.2 Å². The lowest BCUT2D eigenvalue weighted by Gasteiger charge is -2.35. The number of hydrogen-bond acceptors (Lipinski definition) is 1. The minimum Gasteiger partial charge on any atom is -0.396 e. The second-order valence-electron chi connectivity index (χ2n) is 5.86. The minimum absolute atomic E-state index is 0.139. The highest BCUT2D eigenvalue weighted by atomic mass is 16.3. The maximum atomic E-state index is 9.72. The number of hydrogen-bond donors (Lipinski definition) is 1. The molecule has 0 amide bonds. The number of aliphatic hydroxyl groups excluding tert-OH is 1. The van der Waals surface area contributed by atoms with E-state index in [1.807, 2.05) is 6.08 Å². The van der Waals surface area contributed by atoms with Gasteiger partial charge in [-0.15, -0.1) is 6.58 Å². The van der Waals surface area contributed by atoms with Crippen molar-refractivity contribution in [1.29, 1.82) is 0 Å². The van der Waals surface area contributed by atoms with Crippen LogP contribution in [0.5, 0.6) is 0 Å². The Morgan fingerprint density at radius 1 is 0.952 bits per heavy atom. The largest absolute Gasteiger partial charge is 0.396 e. The van der Waals surface area contributed by atoms with Crippen molar-refractivity contribution in [3.8, 4) is 0 Å². The van der Waals surface area contributed by atoms with Crippen molar-refractivity contribution in [3.05, 3.63) is 83.4 Å². The van der Waals surface area contributed by atoms with E-state index in [0.717, 1.165) is 25.7 Å². The van der Waals surface area contributed by atoms with Crippen LogP contribution >= 0.6 is 0 Å². The van der Waals surface area contributed by atoms with Crippen LogP contribution in [-0.4, -0.2) is 11.7 Å². The molecule has 0 atom stereocenters. The Balaban J connectivity index is 2.30. The van der Waals surface area contributed by atoms with Crippen molar-refractivity contribution in [2.24, 2.45) is 0 Å². The van der Waals surface area contributed by atoms with Gasteiger partial charge in [-0.1, -0.05) is 54.6 Å². The first-order valence-corrected chi connectivity index (χ1v) is 7.70. The predicted molar refractivity (Wildman–Crippen MR) is 87.6 cm³/mol. The molecule has 2 aromatic carbocycles. The van der Waals surface area contributed by atoms with E-state index >= 15 is 0 Å². The molecular formula is C20H22O. The molecule has 108 valence electrons. The van der Waals surface area contributed by atoms with E-state index in [1.165, 1.54) is 22.3 Å². The molecule has 0 aliphatic heterocycles. The molecule has 0 saturated carbocycles. The zero-order valence-electron chi connectivity index (χ0n) is 12.4. The fourth-order valence-corrected chi connectivity index (χ4v) is 3.85. The van der Waals surface area contributed by atoms with Gasteiger partial charge in [-0.3, -0.25) is 0 Å². The molecule has 1 nitrogen and oxygen atoms in total. The highest BCUT2D eigenvalue weighted by Crippen LogP contribution is 2.44. The van der Waals surface area contributed by atoms with E-state index in [1.54, 1.807) is 0 Å². The topological polar surface area (TPSA) is 20.2 Å². The fraction of sp³-hybridized carbons (Fsp3) is 0.300. The average Bonchev–Trinajstić information content (AvgIpc) is 2.65. The van der Waals surface area contributed by atoms with Gasteiger partial charge in [0.1, 0.15) is 0 Å². The minimum atomic E-state index is -0.139. The van der Waals surface area contributed by atoms with Gasteiger partial charge in [-0.25, -0.2) is 0 Å². The summed E-state index contributed by atoms with van der Waals surface area (Å²) in [5.41, 5.74) is 5.40. The maximum absolute atomic E-state index is 9.72. The molecule has 0 aromatic heterocycles. The third-order valence-electron chi connectivity index (χ3n) is 4.76. The number of aliphatic hydroxyl groups is 1. The zero-order chi connectivity index (χ0) is 14.7. The molecule has 0 fully saturated rings. The van der Waals surface area contributed by atoms with Gasteiger partial charge in [0.05, 0.1) is 0 Å². The van der Waals surface area contributed by atoms with E-state index in [2.05, 4.69) is 55.1 Å². The average molecular weight is 278 g/mol. The summed E-state index contributed by atoms with van der Waals surface area (Å²) in [5, 5.41) is 9.72. The number of rotatable bonds is 4. The van der Waals surface area contributed by atoms with Crippen LogP contribution in [0, 0.1) is 0 Å². The van der Waals surface area contributed by atoms with Crippen LogP contribution in [-0.2, 0) is 18.3 Å². The monoisotopic (exact) mass is 278 g/mol. The van der Waals surface area contributed by atoms with Crippen molar-refractivity contribution < 1.29 is 5.11 Å². The highest BCUT2D eigenvalue weighted by molar-refractivity contribution is 5.50. The van der Waals surface area contributed by atoms with Crippen molar-refractivity contribution in [2.75, 3.05) is 6.61 Å².